The summed E-state index contributed by atoms with van der Waals surface area (Å²) in [5.41, 5.74) is 0. The molecule has 0 aromatic carbocycles. The van der Waals surface area contributed by atoms with Crippen molar-refractivity contribution in [2.24, 2.45) is 65.1 Å². The molecule has 0 aromatic heterocycles. The van der Waals surface area contributed by atoms with Gasteiger partial charge in [0.25, 0.3) is 0 Å². The van der Waals surface area contributed by atoms with Gasteiger partial charge in [0.1, 0.15) is 0 Å². The van der Waals surface area contributed by atoms with Crippen molar-refractivity contribution in [2.75, 3.05) is 0 Å². The van der Waals surface area contributed by atoms with E-state index in [9.17, 15) is 16.4 Å². The van der Waals surface area contributed by atoms with Gasteiger partial charge >= 0.3 is 0 Å². The van der Waals surface area contributed by atoms with Crippen LogP contribution in [-0.2, 0) is 0 Å². The van der Waals surface area contributed by atoms with Gasteiger partial charge < -0.3 is 0 Å². The highest BCUT2D eigenvalue weighted by Crippen LogP contribution is 2.62. The lowest BCUT2D eigenvalue weighted by atomic mass is 9.64. The van der Waals surface area contributed by atoms with E-state index in [1.54, 1.807) is 4.90 Å². The van der Waals surface area contributed by atoms with Crippen LogP contribution < -0.4 is 16.0 Å². The Hall–Kier alpha value is -0.160. The summed E-state index contributed by atoms with van der Waals surface area (Å²) in [5.74, 6) is -9.35. The number of rotatable bonds is 5. The van der Waals surface area contributed by atoms with E-state index in [4.69, 9.17) is 19.2 Å². The maximum Gasteiger partial charge on any atom is 0.0624 e. The second kappa shape index (κ2) is 15.2. The van der Waals surface area contributed by atoms with Gasteiger partial charge in [0, 0.05) is 53.8 Å². The van der Waals surface area contributed by atoms with Gasteiger partial charge in [-0.05, 0) is 161 Å². The van der Waals surface area contributed by atoms with Crippen molar-refractivity contribution < 1.29 is 35.6 Å². The zero-order valence-corrected chi connectivity index (χ0v) is 28.9. The van der Waals surface area contributed by atoms with E-state index in [0.717, 1.165) is 0 Å². The van der Waals surface area contributed by atoms with Gasteiger partial charge in [-0.3, -0.25) is 20.9 Å². The first-order valence-corrected chi connectivity index (χ1v) is 19.6. The predicted molar refractivity (Wildman–Crippen MR) is 206 cm³/mol. The Bertz CT molecular complexity index is 2000. The van der Waals surface area contributed by atoms with Crippen LogP contribution >= 0.6 is 0 Å². The molecule has 0 bridgehead atoms. The van der Waals surface area contributed by atoms with E-state index in [2.05, 4.69) is 16.0 Å². The molecule has 0 radical (unpaired) electrons. The van der Waals surface area contributed by atoms with E-state index in [0.29, 0.717) is 0 Å². The summed E-state index contributed by atoms with van der Waals surface area (Å²) in [4.78, 5) is 1.77. The Morgan fingerprint density at radius 3 is 1.72 bits per heavy atom. The molecule has 2 aliphatic heterocycles. The van der Waals surface area contributed by atoms with Gasteiger partial charge in [0.05, 0.1) is 18.5 Å². The van der Waals surface area contributed by atoms with E-state index >= 15 is 0 Å². The van der Waals surface area contributed by atoms with Crippen LogP contribution in [0.4, 0.5) is 0 Å². The van der Waals surface area contributed by atoms with Crippen LogP contribution in [0.3, 0.4) is 0 Å². The molecule has 10 fully saturated rings. The first kappa shape index (κ1) is 16.5. The highest BCUT2D eigenvalue weighted by atomic mass is 15.4. The Morgan fingerprint density at radius 2 is 0.940 bits per heavy atom. The molecule has 4 nitrogen and oxygen atoms in total. The molecule has 8 aliphatic carbocycles. The van der Waals surface area contributed by atoms with Gasteiger partial charge in [-0.1, -0.05) is 89.6 Å². The molecule has 0 aromatic rings. The van der Waals surface area contributed by atoms with Crippen molar-refractivity contribution in [1.29, 1.82) is 0 Å². The third kappa shape index (κ3) is 6.52. The number of nitrogens with zero attached hydrogens (tertiary/aromatic N) is 1. The molecule has 37 atom stereocenters. The summed E-state index contributed by atoms with van der Waals surface area (Å²) in [6, 6.07) is -3.27. The fraction of sp³-hybridized carbons (Fsp3) is 1.00. The minimum absolute atomic E-state index is 0.211. The van der Waals surface area contributed by atoms with E-state index < -0.39 is 268 Å². The molecule has 282 valence electrons. The normalized spacial score (nSPS) is 98.9. The molecule has 50 heavy (non-hydrogen) atoms. The average Bonchev–Trinajstić information content (AvgIpc) is 4.10. The van der Waals surface area contributed by atoms with Gasteiger partial charge in [-0.15, -0.1) is 0 Å². The molecule has 0 spiro atoms. The van der Waals surface area contributed by atoms with Crippen LogP contribution in [0, 0.1) is 65.1 Å². The maximum atomic E-state index is 10.5. The second-order valence-electron chi connectivity index (χ2n) is 16.4. The number of likely N-dealkylation sites (tertiary alicyclic amines) is 1. The van der Waals surface area contributed by atoms with Crippen LogP contribution in [0.15, 0.2) is 0 Å². The van der Waals surface area contributed by atoms with E-state index in [1.807, 2.05) is 0 Å². The second-order valence-corrected chi connectivity index (χ2v) is 16.4. The lowest BCUT2D eigenvalue weighted by Gasteiger charge is -2.51. The molecule has 0 amide bonds. The maximum absolute atomic E-state index is 10.5. The Kier molecular flexibility index (Phi) is 5.01. The van der Waals surface area contributed by atoms with Crippen molar-refractivity contribution in [3.63, 3.8) is 0 Å². The quantitative estimate of drug-likeness (QED) is 0.265. The van der Waals surface area contributed by atoms with Crippen LogP contribution in [0.25, 0.3) is 0 Å². The van der Waals surface area contributed by atoms with Gasteiger partial charge in [0.2, 0.25) is 0 Å². The summed E-state index contributed by atoms with van der Waals surface area (Å²) < 4.78 is 239. The van der Waals surface area contributed by atoms with E-state index in [-0.39, 0.29) is 19.3 Å². The number of fused-ring (bicyclic) bond motifs is 7. The minimum Gasteiger partial charge on any atom is -0.294 e. The van der Waals surface area contributed by atoms with Crippen molar-refractivity contribution in [3.8, 4) is 0 Å². The fourth-order valence-electron chi connectivity index (χ4n) is 11.5. The Labute approximate surface area is 344 Å². The smallest absolute Gasteiger partial charge is 0.0624 e. The number of nitrogens with one attached hydrogen (secondary N) is 3. The Morgan fingerprint density at radius 1 is 0.380 bits per heavy atom. The summed E-state index contributed by atoms with van der Waals surface area (Å²) in [5, 5.41) is 10.3. The summed E-state index contributed by atoms with van der Waals surface area (Å²) in [7, 11) is 0. The fourth-order valence-corrected chi connectivity index (χ4v) is 11.5. The third-order valence-corrected chi connectivity index (χ3v) is 13.8. The summed E-state index contributed by atoms with van der Waals surface area (Å²) in [6.45, 7) is 0. The third-order valence-electron chi connectivity index (χ3n) is 13.8. The highest BCUT2D eigenvalue weighted by molar-refractivity contribution is 5.13. The van der Waals surface area contributed by atoms with Gasteiger partial charge in [-0.25, -0.2) is 0 Å². The molecule has 3 N–H and O–H groups in total. The molecular formula is C46H78N4. The van der Waals surface area contributed by atoms with Crippen molar-refractivity contribution in [2.45, 2.75) is 222 Å². The molecule has 37 unspecified atom stereocenters. The molecule has 10 aliphatic rings. The standard InChI is InChI=1S/C46H78N4/c1-4-12-30(13-5-1)31-20-22-33(23-21-31)45-47-44(32-14-6-2-7-15-32)48-46(49-45)35-24-27-42-40(29-35)39-26-25-38-37-19-11-10-16-34(37)28-41(38)43(39)50(42)36-17-8-3-9-18-36/h30-49H,1-29H2/i1D,2D,3D,4D,5D,6D,7D,8D,9D,10D,11D,12D,13D,14D,15D,16D,17D,18D,19D,20D,22D,24D,25D,26D,27D,29D. The highest BCUT2D eigenvalue weighted by Gasteiger charge is 2.61. The zero-order valence-electron chi connectivity index (χ0n) is 54.9. The van der Waals surface area contributed by atoms with Gasteiger partial charge in [0.15, 0.2) is 0 Å². The monoisotopic (exact) mass is 713 g/mol. The molecule has 2 saturated heterocycles. The summed E-state index contributed by atoms with van der Waals surface area (Å²) in [6.07, 6.45) is -36.9. The molecular weight excluding hydrogens is 609 g/mol. The number of hydrogen-bond donors (Lipinski definition) is 3. The minimum atomic E-state index is -1.48. The largest absolute Gasteiger partial charge is 0.294 e. The van der Waals surface area contributed by atoms with Crippen molar-refractivity contribution in [3.05, 3.63) is 0 Å². The first-order valence-electron chi connectivity index (χ1n) is 34.7. The number of hydrogen-bond acceptors (Lipinski definition) is 4. The predicted octanol–water partition coefficient (Wildman–Crippen LogP) is 10.4. The van der Waals surface area contributed by atoms with Crippen LogP contribution in [-0.4, -0.2) is 41.5 Å². The Balaban J connectivity index is 1.03. The van der Waals surface area contributed by atoms with Crippen LogP contribution in [0.1, 0.15) is 221 Å². The van der Waals surface area contributed by atoms with Crippen LogP contribution in [0.5, 0.6) is 0 Å². The topological polar surface area (TPSA) is 39.3 Å². The van der Waals surface area contributed by atoms with Crippen molar-refractivity contribution >= 4 is 0 Å². The molecule has 4 heteroatoms. The lowest BCUT2D eigenvalue weighted by molar-refractivity contribution is 0.0114. The molecule has 10 rings (SSSR count). The lowest BCUT2D eigenvalue weighted by Crippen LogP contribution is -2.72. The van der Waals surface area contributed by atoms with E-state index in [1.165, 1.54) is 0 Å². The SMILES string of the molecule is [2H]C1C([2H])C([2H])C(C2NC(C3CCC(C4C([2H])C([2H])C([2H])C([2H])C4[2H])C([2H])C3[2H])NC(C3C([2H])C([2H])C4C(C3[2H])C3C([2H])C([2H])C5C(CC6C([2H])C([2H])C([2H])C([2H])C65)C3N4C3C([2H])C([2H])C([2H])C([2H])C3[2H])N2)C([2H])C1[2H]. The zero-order chi connectivity index (χ0) is 55.6. The summed E-state index contributed by atoms with van der Waals surface area (Å²) >= 11 is 0. The molecule has 2 heterocycles. The van der Waals surface area contributed by atoms with Crippen LogP contribution in [0.2, 0.25) is 0 Å². The van der Waals surface area contributed by atoms with Gasteiger partial charge in [-0.2, -0.15) is 0 Å². The first-order chi connectivity index (χ1) is 35.6. The molecule has 8 saturated carbocycles. The average molecular weight is 713 g/mol. The van der Waals surface area contributed by atoms with Crippen molar-refractivity contribution in [1.82, 2.24) is 20.9 Å².